The van der Waals surface area contributed by atoms with E-state index in [0.717, 1.165) is 17.0 Å². The van der Waals surface area contributed by atoms with Crippen molar-refractivity contribution in [3.8, 4) is 0 Å². The highest BCUT2D eigenvalue weighted by Gasteiger charge is 2.30. The number of pyridine rings is 1. The van der Waals surface area contributed by atoms with E-state index in [1.54, 1.807) is 54.7 Å². The van der Waals surface area contributed by atoms with Crippen LogP contribution in [0.2, 0.25) is 0 Å². The molecule has 0 N–H and O–H groups in total. The number of benzene rings is 2. The summed E-state index contributed by atoms with van der Waals surface area (Å²) in [6, 6.07) is 16.9. The van der Waals surface area contributed by atoms with E-state index in [0.29, 0.717) is 11.4 Å². The molecule has 0 saturated heterocycles. The van der Waals surface area contributed by atoms with Gasteiger partial charge in [0.1, 0.15) is 17.3 Å². The van der Waals surface area contributed by atoms with Crippen LogP contribution in [0, 0.1) is 11.6 Å². The van der Waals surface area contributed by atoms with E-state index < -0.39 is 17.5 Å². The summed E-state index contributed by atoms with van der Waals surface area (Å²) in [4.78, 5) is 31.1. The van der Waals surface area contributed by atoms with Crippen LogP contribution in [0.15, 0.2) is 78.0 Å². The van der Waals surface area contributed by atoms with Crippen molar-refractivity contribution in [1.82, 2.24) is 4.98 Å². The van der Waals surface area contributed by atoms with Crippen molar-refractivity contribution in [2.24, 2.45) is 5.10 Å². The largest absolute Gasteiger partial charge is 0.298 e. The summed E-state index contributed by atoms with van der Waals surface area (Å²) in [6.07, 6.45) is 1.76. The topological polar surface area (TPSA) is 65.9 Å². The minimum absolute atomic E-state index is 0.0411. The number of carbonyl (C=O) groups is 2. The zero-order chi connectivity index (χ0) is 21.8. The first-order valence-corrected chi connectivity index (χ1v) is 9.65. The number of hydrogen-bond donors (Lipinski definition) is 0. The molecular weight excluding hydrogens is 402 g/mol. The summed E-state index contributed by atoms with van der Waals surface area (Å²) in [5, 5.41) is 5.44. The molecule has 1 aliphatic rings. The van der Waals surface area contributed by atoms with E-state index in [4.69, 9.17) is 0 Å². The normalized spacial score (nSPS) is 13.7. The van der Waals surface area contributed by atoms with Gasteiger partial charge in [-0.3, -0.25) is 19.5 Å². The molecule has 8 heteroatoms. The molecule has 0 saturated carbocycles. The second kappa shape index (κ2) is 8.83. The van der Waals surface area contributed by atoms with Crippen LogP contribution in [0.5, 0.6) is 0 Å². The fourth-order valence-electron chi connectivity index (χ4n) is 3.25. The SMILES string of the molecule is O=C(C1=NN(c2ccccc2)C(=O)CC1)N(Cc1ccccn1)c1ccc(F)cc1F. The van der Waals surface area contributed by atoms with E-state index >= 15 is 0 Å². The Bertz CT molecular complexity index is 1140. The molecule has 6 nitrogen and oxygen atoms in total. The van der Waals surface area contributed by atoms with E-state index in [1.165, 1.54) is 11.1 Å². The van der Waals surface area contributed by atoms with Crippen LogP contribution >= 0.6 is 0 Å². The predicted molar refractivity (Wildman–Crippen MR) is 112 cm³/mol. The number of anilines is 2. The van der Waals surface area contributed by atoms with Crippen molar-refractivity contribution in [2.45, 2.75) is 19.4 Å². The zero-order valence-corrected chi connectivity index (χ0v) is 16.4. The second-order valence-electron chi connectivity index (χ2n) is 6.90. The number of aromatic nitrogens is 1. The Kier molecular flexibility index (Phi) is 5.79. The molecule has 156 valence electrons. The van der Waals surface area contributed by atoms with Crippen LogP contribution in [0.4, 0.5) is 20.2 Å². The molecule has 0 fully saturated rings. The van der Waals surface area contributed by atoms with Gasteiger partial charge in [-0.25, -0.2) is 13.8 Å². The van der Waals surface area contributed by atoms with Crippen molar-refractivity contribution < 1.29 is 18.4 Å². The minimum atomic E-state index is -0.878. The summed E-state index contributed by atoms with van der Waals surface area (Å²) < 4.78 is 28.0. The summed E-state index contributed by atoms with van der Waals surface area (Å²) in [5.41, 5.74) is 1.06. The number of hydrazone groups is 1. The Labute approximate surface area is 177 Å². The third kappa shape index (κ3) is 4.48. The van der Waals surface area contributed by atoms with Gasteiger partial charge in [-0.15, -0.1) is 0 Å². The van der Waals surface area contributed by atoms with Crippen molar-refractivity contribution in [3.63, 3.8) is 0 Å². The molecule has 0 radical (unpaired) electrons. The van der Waals surface area contributed by atoms with Crippen LogP contribution < -0.4 is 9.91 Å². The Balaban J connectivity index is 1.72. The molecule has 2 amide bonds. The Morgan fingerprint density at radius 3 is 2.48 bits per heavy atom. The molecule has 0 spiro atoms. The summed E-state index contributed by atoms with van der Waals surface area (Å²) in [6.45, 7) is -0.0411. The lowest BCUT2D eigenvalue weighted by Crippen LogP contribution is -2.42. The maximum Gasteiger partial charge on any atom is 0.274 e. The number of rotatable bonds is 5. The fraction of sp³-hybridized carbons (Fsp3) is 0.130. The smallest absolute Gasteiger partial charge is 0.274 e. The standard InChI is InChI=1S/C23H18F2N4O2/c24-16-9-11-21(19(25)14-16)28(15-17-6-4-5-13-26-17)23(31)20-10-12-22(30)29(27-20)18-7-2-1-3-8-18/h1-9,11,13-14H,10,12,15H2. The molecule has 1 aliphatic heterocycles. The number of amides is 2. The van der Waals surface area contributed by atoms with Gasteiger partial charge in [-0.1, -0.05) is 24.3 Å². The number of para-hydroxylation sites is 1. The number of carbonyl (C=O) groups excluding carboxylic acids is 2. The van der Waals surface area contributed by atoms with Gasteiger partial charge in [0.05, 0.1) is 23.6 Å². The number of halogens is 2. The van der Waals surface area contributed by atoms with Crippen LogP contribution in [0.3, 0.4) is 0 Å². The maximum absolute atomic E-state index is 14.6. The van der Waals surface area contributed by atoms with E-state index in [2.05, 4.69) is 10.1 Å². The maximum atomic E-state index is 14.6. The number of nitrogens with zero attached hydrogens (tertiary/aromatic N) is 4. The molecule has 31 heavy (non-hydrogen) atoms. The first kappa shape index (κ1) is 20.3. The van der Waals surface area contributed by atoms with Crippen LogP contribution in [-0.4, -0.2) is 22.5 Å². The molecular formula is C23H18F2N4O2. The average molecular weight is 420 g/mol. The van der Waals surface area contributed by atoms with Gasteiger partial charge in [0.25, 0.3) is 5.91 Å². The highest BCUT2D eigenvalue weighted by Crippen LogP contribution is 2.25. The fourth-order valence-corrected chi connectivity index (χ4v) is 3.25. The van der Waals surface area contributed by atoms with Crippen LogP contribution in [0.1, 0.15) is 18.5 Å². The van der Waals surface area contributed by atoms with Gasteiger partial charge in [0.15, 0.2) is 0 Å². The van der Waals surface area contributed by atoms with E-state index in [9.17, 15) is 18.4 Å². The third-order valence-electron chi connectivity index (χ3n) is 4.77. The highest BCUT2D eigenvalue weighted by atomic mass is 19.1. The quantitative estimate of drug-likeness (QED) is 0.625. The first-order valence-electron chi connectivity index (χ1n) is 9.65. The summed E-state index contributed by atoms with van der Waals surface area (Å²) >= 11 is 0. The van der Waals surface area contributed by atoms with Crippen LogP contribution in [0.25, 0.3) is 0 Å². The highest BCUT2D eigenvalue weighted by molar-refractivity contribution is 6.44. The van der Waals surface area contributed by atoms with E-state index in [-0.39, 0.29) is 36.7 Å². The molecule has 0 aliphatic carbocycles. The second-order valence-corrected chi connectivity index (χ2v) is 6.90. The van der Waals surface area contributed by atoms with Gasteiger partial charge in [0, 0.05) is 25.1 Å². The lowest BCUT2D eigenvalue weighted by molar-refractivity contribution is -0.118. The third-order valence-corrected chi connectivity index (χ3v) is 4.77. The van der Waals surface area contributed by atoms with Crippen LogP contribution in [-0.2, 0) is 16.1 Å². The molecule has 4 rings (SSSR count). The molecule has 2 heterocycles. The van der Waals surface area contributed by atoms with Gasteiger partial charge < -0.3 is 0 Å². The number of hydrogen-bond acceptors (Lipinski definition) is 4. The first-order chi connectivity index (χ1) is 15.0. The average Bonchev–Trinajstić information content (AvgIpc) is 2.79. The van der Waals surface area contributed by atoms with Gasteiger partial charge in [-0.05, 0) is 36.4 Å². The molecule has 2 aromatic carbocycles. The molecule has 1 aromatic heterocycles. The van der Waals surface area contributed by atoms with Crippen molar-refractivity contribution >= 4 is 28.9 Å². The van der Waals surface area contributed by atoms with Gasteiger partial charge in [-0.2, -0.15) is 5.10 Å². The lowest BCUT2D eigenvalue weighted by Gasteiger charge is -2.27. The molecule has 0 bridgehead atoms. The molecule has 0 atom stereocenters. The zero-order valence-electron chi connectivity index (χ0n) is 16.4. The monoisotopic (exact) mass is 420 g/mol. The van der Waals surface area contributed by atoms with E-state index in [1.807, 2.05) is 0 Å². The summed E-state index contributed by atoms with van der Waals surface area (Å²) in [5.74, 6) is -2.45. The predicted octanol–water partition coefficient (Wildman–Crippen LogP) is 4.08. The summed E-state index contributed by atoms with van der Waals surface area (Å²) in [7, 11) is 0. The molecule has 3 aromatic rings. The van der Waals surface area contributed by atoms with Gasteiger partial charge >= 0.3 is 0 Å². The van der Waals surface area contributed by atoms with Crippen molar-refractivity contribution in [2.75, 3.05) is 9.91 Å². The van der Waals surface area contributed by atoms with Gasteiger partial charge in [0.2, 0.25) is 5.91 Å². The molecule has 0 unspecified atom stereocenters. The van der Waals surface area contributed by atoms with Crippen molar-refractivity contribution in [1.29, 1.82) is 0 Å². The lowest BCUT2D eigenvalue weighted by atomic mass is 10.1. The van der Waals surface area contributed by atoms with Crippen molar-refractivity contribution in [3.05, 3.63) is 90.3 Å². The minimum Gasteiger partial charge on any atom is -0.298 e. The Hall–Kier alpha value is -3.94. The Morgan fingerprint density at radius 2 is 1.77 bits per heavy atom. The Morgan fingerprint density at radius 1 is 1.00 bits per heavy atom.